The summed E-state index contributed by atoms with van der Waals surface area (Å²) in [5.74, 6) is 7.77. The van der Waals surface area contributed by atoms with Crippen LogP contribution in [0.15, 0.2) is 12.3 Å². The fourth-order valence-electron chi connectivity index (χ4n) is 7.93. The van der Waals surface area contributed by atoms with Gasteiger partial charge in [-0.25, -0.2) is 0 Å². The SMILES string of the molecule is C=C(CCCC1CCC2C1CCC1C3CCCCC3CCC21)NCCC.CC.CC(C)(C)C. The summed E-state index contributed by atoms with van der Waals surface area (Å²) in [6.45, 7) is 20.3. The van der Waals surface area contributed by atoms with Crippen LogP contribution in [0.3, 0.4) is 0 Å². The van der Waals surface area contributed by atoms with Gasteiger partial charge in [0.05, 0.1) is 0 Å². The van der Waals surface area contributed by atoms with Gasteiger partial charge in [-0.15, -0.1) is 0 Å². The van der Waals surface area contributed by atoms with E-state index >= 15 is 0 Å². The lowest BCUT2D eigenvalue weighted by atomic mass is 9.53. The molecule has 7 atom stereocenters. The zero-order valence-electron chi connectivity index (χ0n) is 23.9. The molecule has 7 unspecified atom stereocenters. The highest BCUT2D eigenvalue weighted by Gasteiger charge is 2.50. The molecule has 33 heavy (non-hydrogen) atoms. The van der Waals surface area contributed by atoms with Gasteiger partial charge in [0.25, 0.3) is 0 Å². The van der Waals surface area contributed by atoms with E-state index in [1.54, 1.807) is 51.4 Å². The lowest BCUT2D eigenvalue weighted by molar-refractivity contribution is -0.0250. The highest BCUT2D eigenvalue weighted by atomic mass is 14.9. The van der Waals surface area contributed by atoms with Gasteiger partial charge in [-0.3, -0.25) is 0 Å². The molecule has 4 fully saturated rings. The maximum atomic E-state index is 4.22. The monoisotopic (exact) mass is 459 g/mol. The number of hydrogen-bond donors (Lipinski definition) is 1. The molecule has 4 aliphatic carbocycles. The summed E-state index contributed by atoms with van der Waals surface area (Å²) in [4.78, 5) is 0. The van der Waals surface area contributed by atoms with Crippen LogP contribution >= 0.6 is 0 Å². The van der Waals surface area contributed by atoms with Gasteiger partial charge in [-0.2, -0.15) is 0 Å². The molecule has 4 rings (SSSR count). The van der Waals surface area contributed by atoms with Crippen molar-refractivity contribution >= 4 is 0 Å². The summed E-state index contributed by atoms with van der Waals surface area (Å²) in [6, 6.07) is 0. The fraction of sp³-hybridized carbons (Fsp3) is 0.938. The third kappa shape index (κ3) is 8.92. The molecule has 4 saturated carbocycles. The maximum absolute atomic E-state index is 4.22. The molecule has 0 heterocycles. The van der Waals surface area contributed by atoms with Crippen molar-refractivity contribution < 1.29 is 0 Å². The Morgan fingerprint density at radius 3 is 2.00 bits per heavy atom. The van der Waals surface area contributed by atoms with E-state index in [1.165, 1.54) is 44.2 Å². The van der Waals surface area contributed by atoms with Crippen molar-refractivity contribution in [3.63, 3.8) is 0 Å². The molecule has 0 aromatic heterocycles. The minimum atomic E-state index is 0.500. The lowest BCUT2D eigenvalue weighted by Gasteiger charge is -2.52. The molecule has 0 radical (unpaired) electrons. The summed E-state index contributed by atoms with van der Waals surface area (Å²) in [6.07, 6.45) is 20.9. The molecule has 1 nitrogen and oxygen atoms in total. The van der Waals surface area contributed by atoms with E-state index in [0.717, 1.165) is 48.0 Å². The van der Waals surface area contributed by atoms with Crippen LogP contribution in [0.5, 0.6) is 0 Å². The Balaban J connectivity index is 0.000000489. The zero-order valence-corrected chi connectivity index (χ0v) is 23.9. The second kappa shape index (κ2) is 14.2. The van der Waals surface area contributed by atoms with Crippen LogP contribution in [0.1, 0.15) is 138 Å². The summed E-state index contributed by atoms with van der Waals surface area (Å²) >= 11 is 0. The maximum Gasteiger partial charge on any atom is 0.0141 e. The van der Waals surface area contributed by atoms with Crippen LogP contribution in [-0.2, 0) is 0 Å². The van der Waals surface area contributed by atoms with Gasteiger partial charge in [0.1, 0.15) is 0 Å². The number of hydrogen-bond acceptors (Lipinski definition) is 1. The first-order chi connectivity index (χ1) is 15.8. The standard InChI is InChI=1S/C25H43N.C5H12.C2H6/c1-3-17-26-18(2)7-6-9-20-11-13-23-22(20)15-16-24-21-10-5-4-8-19(21)12-14-25(23)24;1-5(2,3)4;1-2/h19-26H,2-17H2,1H3;1-4H3;1-2H3. The Morgan fingerprint density at radius 2 is 1.30 bits per heavy atom. The molecule has 0 bridgehead atoms. The van der Waals surface area contributed by atoms with Crippen molar-refractivity contribution in [3.05, 3.63) is 12.3 Å². The van der Waals surface area contributed by atoms with Crippen LogP contribution in [0, 0.1) is 46.8 Å². The number of rotatable bonds is 7. The summed E-state index contributed by atoms with van der Waals surface area (Å²) in [5, 5.41) is 3.48. The van der Waals surface area contributed by atoms with Crippen molar-refractivity contribution in [2.75, 3.05) is 6.54 Å². The third-order valence-corrected chi connectivity index (χ3v) is 9.03. The van der Waals surface area contributed by atoms with Gasteiger partial charge in [-0.05, 0) is 117 Å². The van der Waals surface area contributed by atoms with E-state index < -0.39 is 0 Å². The predicted molar refractivity (Wildman–Crippen MR) is 148 cm³/mol. The first kappa shape index (κ1) is 28.8. The Hall–Kier alpha value is -0.460. The Morgan fingerprint density at radius 1 is 0.758 bits per heavy atom. The largest absolute Gasteiger partial charge is 0.389 e. The quantitative estimate of drug-likeness (QED) is 0.399. The van der Waals surface area contributed by atoms with E-state index in [-0.39, 0.29) is 0 Å². The van der Waals surface area contributed by atoms with Gasteiger partial charge in [0.2, 0.25) is 0 Å². The van der Waals surface area contributed by atoms with E-state index in [9.17, 15) is 0 Å². The molecule has 0 aliphatic heterocycles. The Bertz CT molecular complexity index is 537. The average molecular weight is 460 g/mol. The molecular formula is C32H61N. The van der Waals surface area contributed by atoms with Gasteiger partial charge in [0.15, 0.2) is 0 Å². The lowest BCUT2D eigenvalue weighted by Crippen LogP contribution is -2.44. The molecule has 194 valence electrons. The smallest absolute Gasteiger partial charge is 0.0141 e. The first-order valence-corrected chi connectivity index (χ1v) is 15.2. The normalized spacial score (nSPS) is 34.9. The summed E-state index contributed by atoms with van der Waals surface area (Å²) in [7, 11) is 0. The average Bonchev–Trinajstić information content (AvgIpc) is 3.21. The van der Waals surface area contributed by atoms with Crippen molar-refractivity contribution in [3.8, 4) is 0 Å². The van der Waals surface area contributed by atoms with Crippen LogP contribution in [0.4, 0.5) is 0 Å². The summed E-state index contributed by atoms with van der Waals surface area (Å²) < 4.78 is 0. The Labute approximate surface area is 209 Å². The highest BCUT2D eigenvalue weighted by molar-refractivity contribution is 5.00. The molecule has 0 saturated heterocycles. The van der Waals surface area contributed by atoms with Crippen LogP contribution in [0.2, 0.25) is 0 Å². The molecular weight excluding hydrogens is 398 g/mol. The minimum absolute atomic E-state index is 0.500. The topological polar surface area (TPSA) is 12.0 Å². The number of fused-ring (bicyclic) bond motifs is 5. The summed E-state index contributed by atoms with van der Waals surface area (Å²) in [5.41, 5.74) is 1.78. The second-order valence-corrected chi connectivity index (χ2v) is 13.3. The van der Waals surface area contributed by atoms with Crippen molar-refractivity contribution in [1.82, 2.24) is 5.32 Å². The van der Waals surface area contributed by atoms with Gasteiger partial charge in [-0.1, -0.05) is 74.3 Å². The van der Waals surface area contributed by atoms with Crippen LogP contribution in [-0.4, -0.2) is 6.54 Å². The molecule has 1 heteroatoms. The van der Waals surface area contributed by atoms with Gasteiger partial charge >= 0.3 is 0 Å². The van der Waals surface area contributed by atoms with E-state index in [2.05, 4.69) is 46.5 Å². The minimum Gasteiger partial charge on any atom is -0.389 e. The number of allylic oxidation sites excluding steroid dienone is 1. The van der Waals surface area contributed by atoms with Crippen LogP contribution in [0.25, 0.3) is 0 Å². The zero-order chi connectivity index (χ0) is 24.4. The molecule has 4 aliphatic rings. The third-order valence-electron chi connectivity index (χ3n) is 9.03. The van der Waals surface area contributed by atoms with Crippen molar-refractivity contribution in [2.45, 2.75) is 138 Å². The second-order valence-electron chi connectivity index (χ2n) is 13.3. The molecule has 0 aromatic rings. The number of nitrogens with one attached hydrogen (secondary N) is 1. The van der Waals surface area contributed by atoms with Crippen LogP contribution < -0.4 is 5.32 Å². The molecule has 0 spiro atoms. The van der Waals surface area contributed by atoms with E-state index in [4.69, 9.17) is 0 Å². The molecule has 0 amide bonds. The van der Waals surface area contributed by atoms with Crippen molar-refractivity contribution in [2.24, 2.45) is 46.8 Å². The predicted octanol–water partition coefficient (Wildman–Crippen LogP) is 10.0. The molecule has 0 aromatic carbocycles. The molecule has 1 N–H and O–H groups in total. The Kier molecular flexibility index (Phi) is 12.4. The highest BCUT2D eigenvalue weighted by Crippen LogP contribution is 2.59. The van der Waals surface area contributed by atoms with Gasteiger partial charge in [0, 0.05) is 12.2 Å². The van der Waals surface area contributed by atoms with E-state index in [1.807, 2.05) is 13.8 Å². The van der Waals surface area contributed by atoms with Crippen molar-refractivity contribution in [1.29, 1.82) is 0 Å². The fourth-order valence-corrected chi connectivity index (χ4v) is 7.93. The van der Waals surface area contributed by atoms with Gasteiger partial charge < -0.3 is 5.32 Å². The van der Waals surface area contributed by atoms with E-state index in [0.29, 0.717) is 5.41 Å². The first-order valence-electron chi connectivity index (χ1n) is 15.2.